The van der Waals surface area contributed by atoms with E-state index >= 15 is 35.1 Å². The van der Waals surface area contributed by atoms with Crippen molar-refractivity contribution in [1.29, 1.82) is 0 Å². The lowest BCUT2D eigenvalue weighted by molar-refractivity contribution is -0.143. The van der Waals surface area contributed by atoms with Gasteiger partial charge < -0.3 is 29.6 Å². The summed E-state index contributed by atoms with van der Waals surface area (Å²) in [6.07, 6.45) is -2.34. The van der Waals surface area contributed by atoms with Crippen molar-refractivity contribution in [1.82, 2.24) is 10.6 Å². The van der Waals surface area contributed by atoms with Crippen LogP contribution in [0.3, 0.4) is 0 Å². The van der Waals surface area contributed by atoms with Crippen LogP contribution in [0.5, 0.6) is 0 Å². The highest BCUT2D eigenvalue weighted by molar-refractivity contribution is 7.99. The van der Waals surface area contributed by atoms with Crippen LogP contribution in [-0.4, -0.2) is 73.1 Å². The molecule has 0 aliphatic carbocycles. The molecule has 0 fully saturated rings. The predicted octanol–water partition coefficient (Wildman–Crippen LogP) is 6.78. The van der Waals surface area contributed by atoms with Gasteiger partial charge in [0.15, 0.2) is 46.5 Å². The molecular formula is C30H32F8N2O8S2. The number of thioether (sulfide) groups is 2. The maximum absolute atomic E-state index is 15.2. The number of carbonyl (C=O) groups is 4. The van der Waals surface area contributed by atoms with Crippen LogP contribution in [0.25, 0.3) is 11.1 Å². The van der Waals surface area contributed by atoms with Gasteiger partial charge in [0.1, 0.15) is 23.3 Å². The van der Waals surface area contributed by atoms with Crippen molar-refractivity contribution in [3.63, 3.8) is 0 Å². The Balaban J connectivity index is 2.50. The molecule has 0 aliphatic heterocycles. The van der Waals surface area contributed by atoms with Crippen LogP contribution >= 0.6 is 23.5 Å². The average molecular weight is 765 g/mol. The summed E-state index contributed by atoms with van der Waals surface area (Å²) >= 11 is -0.123. The lowest BCUT2D eigenvalue weighted by Crippen LogP contribution is -2.45. The Hall–Kier alpha value is -3.94. The molecule has 2 aromatic carbocycles. The number of nitrogens with one attached hydrogen (secondary N) is 2. The van der Waals surface area contributed by atoms with Crippen LogP contribution in [0.4, 0.5) is 44.7 Å². The summed E-state index contributed by atoms with van der Waals surface area (Å²) in [4.78, 5) is 45.5. The zero-order valence-electron chi connectivity index (χ0n) is 27.7. The lowest BCUT2D eigenvalue weighted by atomic mass is 10.0. The van der Waals surface area contributed by atoms with E-state index in [2.05, 4.69) is 20.1 Å². The Morgan fingerprint density at radius 1 is 0.540 bits per heavy atom. The van der Waals surface area contributed by atoms with E-state index in [4.69, 9.17) is 9.47 Å². The first-order chi connectivity index (χ1) is 22.9. The van der Waals surface area contributed by atoms with Crippen molar-refractivity contribution >= 4 is 47.6 Å². The zero-order chi connectivity index (χ0) is 38.5. The molecule has 0 heterocycles. The third kappa shape index (κ3) is 10.5. The Morgan fingerprint density at radius 3 is 1.02 bits per heavy atom. The summed E-state index contributed by atoms with van der Waals surface area (Å²) < 4.78 is 140. The van der Waals surface area contributed by atoms with E-state index in [1.54, 1.807) is 0 Å². The third-order valence-electron chi connectivity index (χ3n) is 5.84. The van der Waals surface area contributed by atoms with Crippen molar-refractivity contribution < 1.29 is 73.2 Å². The molecular weight excluding hydrogens is 732 g/mol. The van der Waals surface area contributed by atoms with Crippen LogP contribution in [0.2, 0.25) is 0 Å². The zero-order valence-corrected chi connectivity index (χ0v) is 29.3. The van der Waals surface area contributed by atoms with Crippen molar-refractivity contribution in [2.24, 2.45) is 0 Å². The van der Waals surface area contributed by atoms with Crippen LogP contribution in [0, 0.1) is 46.5 Å². The number of methoxy groups -OCH3 is 2. The van der Waals surface area contributed by atoms with Crippen molar-refractivity contribution in [2.45, 2.75) is 74.6 Å². The molecule has 20 heteroatoms. The van der Waals surface area contributed by atoms with Gasteiger partial charge in [-0.05, 0) is 41.5 Å². The first-order valence-electron chi connectivity index (χ1n) is 14.1. The molecule has 278 valence electrons. The van der Waals surface area contributed by atoms with Gasteiger partial charge in [0.25, 0.3) is 0 Å². The number of esters is 2. The number of rotatable bonds is 11. The molecule has 0 bridgehead atoms. The first-order valence-corrected chi connectivity index (χ1v) is 16.0. The first kappa shape index (κ1) is 42.2. The number of amides is 2. The van der Waals surface area contributed by atoms with E-state index in [0.29, 0.717) is 0 Å². The van der Waals surface area contributed by atoms with E-state index < -0.39 is 126 Å². The minimum Gasteiger partial charge on any atom is -0.467 e. The normalized spacial score (nSPS) is 12.9. The SMILES string of the molecule is COC(=O)[C@H](CSc1c(F)c(F)c(-c2c(F)c(F)c(SC[C@H](NC(=O)OC(C)(C)C)C(=O)OC)c(F)c2F)c(F)c1F)NC(=O)OC(C)(C)C. The molecule has 0 radical (unpaired) electrons. The highest BCUT2D eigenvalue weighted by Crippen LogP contribution is 2.42. The van der Waals surface area contributed by atoms with Gasteiger partial charge in [-0.15, -0.1) is 23.5 Å². The summed E-state index contributed by atoms with van der Waals surface area (Å²) in [6.45, 7) is 8.89. The molecule has 0 saturated carbocycles. The van der Waals surface area contributed by atoms with E-state index in [-0.39, 0.29) is 23.5 Å². The Morgan fingerprint density at radius 2 is 0.800 bits per heavy atom. The Bertz CT molecular complexity index is 1470. The van der Waals surface area contributed by atoms with Gasteiger partial charge in [0, 0.05) is 11.5 Å². The fraction of sp³-hybridized carbons (Fsp3) is 0.467. The van der Waals surface area contributed by atoms with E-state index in [0.717, 1.165) is 14.2 Å². The van der Waals surface area contributed by atoms with Crippen LogP contribution < -0.4 is 10.6 Å². The standard InChI is InChI=1S/C30H32F8N2O8S2/c1-29(2,3)47-27(43)39-11(25(41)45-7)9-49-23-19(35)15(31)13(16(32)20(23)36)14-17(33)21(37)24(22(38)18(14)34)50-10-12(26(42)46-8)40-28(44)48-30(4,5)6/h11-12H,9-10H2,1-8H3,(H,39,43)(H,40,44)/t11-,12-/m0/s1. The Kier molecular flexibility index (Phi) is 14.2. The molecule has 2 amide bonds. The summed E-state index contributed by atoms with van der Waals surface area (Å²) in [5.74, 6) is -22.9. The number of halogens is 8. The van der Waals surface area contributed by atoms with Crippen LogP contribution in [0.15, 0.2) is 9.79 Å². The molecule has 0 aliphatic rings. The maximum atomic E-state index is 15.2. The topological polar surface area (TPSA) is 129 Å². The number of carbonyl (C=O) groups excluding carboxylic acids is 4. The second-order valence-corrected chi connectivity index (χ2v) is 14.0. The van der Waals surface area contributed by atoms with Gasteiger partial charge in [-0.3, -0.25) is 0 Å². The highest BCUT2D eigenvalue weighted by atomic mass is 32.2. The quantitative estimate of drug-likeness (QED) is 0.0831. The second-order valence-electron chi connectivity index (χ2n) is 12.0. The monoisotopic (exact) mass is 764 g/mol. The largest absolute Gasteiger partial charge is 0.467 e. The molecule has 0 spiro atoms. The number of benzene rings is 2. The minimum absolute atomic E-state index is 0.0616. The highest BCUT2D eigenvalue weighted by Gasteiger charge is 2.36. The number of hydrogen-bond donors (Lipinski definition) is 2. The predicted molar refractivity (Wildman–Crippen MR) is 163 cm³/mol. The smallest absolute Gasteiger partial charge is 0.408 e. The molecule has 0 saturated heterocycles. The van der Waals surface area contributed by atoms with Gasteiger partial charge in [0.2, 0.25) is 0 Å². The molecule has 50 heavy (non-hydrogen) atoms. The van der Waals surface area contributed by atoms with Crippen molar-refractivity contribution in [3.8, 4) is 11.1 Å². The average Bonchev–Trinajstić information content (AvgIpc) is 3.00. The number of ether oxygens (including phenoxy) is 4. The second kappa shape index (κ2) is 16.8. The molecule has 2 atom stereocenters. The molecule has 2 N–H and O–H groups in total. The summed E-state index contributed by atoms with van der Waals surface area (Å²) in [7, 11) is 1.80. The van der Waals surface area contributed by atoms with Gasteiger partial charge in [-0.25, -0.2) is 54.3 Å². The van der Waals surface area contributed by atoms with E-state index in [9.17, 15) is 19.2 Å². The molecule has 10 nitrogen and oxygen atoms in total. The maximum Gasteiger partial charge on any atom is 0.408 e. The van der Waals surface area contributed by atoms with Gasteiger partial charge in [-0.1, -0.05) is 0 Å². The molecule has 0 unspecified atom stereocenters. The van der Waals surface area contributed by atoms with Gasteiger partial charge in [-0.2, -0.15) is 0 Å². The summed E-state index contributed by atoms with van der Waals surface area (Å²) in [5.41, 5.74) is -6.38. The Labute approximate surface area is 289 Å². The van der Waals surface area contributed by atoms with Crippen LogP contribution in [-0.2, 0) is 28.5 Å². The molecule has 2 aromatic rings. The number of alkyl carbamates (subject to hydrolysis) is 2. The molecule has 0 aromatic heterocycles. The fourth-order valence-electron chi connectivity index (χ4n) is 3.77. The van der Waals surface area contributed by atoms with Gasteiger partial charge in [0.05, 0.1) is 35.1 Å². The van der Waals surface area contributed by atoms with Crippen LogP contribution in [0.1, 0.15) is 41.5 Å². The van der Waals surface area contributed by atoms with E-state index in [1.165, 1.54) is 41.5 Å². The van der Waals surface area contributed by atoms with Crippen molar-refractivity contribution in [2.75, 3.05) is 25.7 Å². The van der Waals surface area contributed by atoms with E-state index in [1.807, 2.05) is 0 Å². The number of hydrogen-bond acceptors (Lipinski definition) is 10. The van der Waals surface area contributed by atoms with Gasteiger partial charge >= 0.3 is 24.1 Å². The summed E-state index contributed by atoms with van der Waals surface area (Å²) in [6, 6.07) is -3.38. The minimum atomic E-state index is -2.47. The molecule has 2 rings (SSSR count). The third-order valence-corrected chi connectivity index (χ3v) is 8.13. The fourth-order valence-corrected chi connectivity index (χ4v) is 5.74. The summed E-state index contributed by atoms with van der Waals surface area (Å²) in [5, 5.41) is 4.10. The lowest BCUT2D eigenvalue weighted by Gasteiger charge is -2.23. The van der Waals surface area contributed by atoms with Crippen molar-refractivity contribution in [3.05, 3.63) is 46.5 Å².